The molecule has 0 aliphatic carbocycles. The molecule has 0 amide bonds. The molecule has 4 rings (SSSR count). The molecule has 0 bridgehead atoms. The van der Waals surface area contributed by atoms with Gasteiger partial charge in [-0.15, -0.1) is 0 Å². The van der Waals surface area contributed by atoms with E-state index in [4.69, 9.17) is 28.4 Å². The minimum Gasteiger partial charge on any atom is -0.493 e. The maximum Gasteiger partial charge on any atom is 0.311 e. The van der Waals surface area contributed by atoms with Crippen LogP contribution >= 0.6 is 0 Å². The van der Waals surface area contributed by atoms with Crippen LogP contribution in [0.1, 0.15) is 54.4 Å². The summed E-state index contributed by atoms with van der Waals surface area (Å²) in [6.45, 7) is 0.217. The Bertz CT molecular complexity index is 1870. The molecule has 0 heterocycles. The Kier molecular flexibility index (Phi) is 16.1. The van der Waals surface area contributed by atoms with Gasteiger partial charge in [-0.2, -0.15) is 0 Å². The van der Waals surface area contributed by atoms with Gasteiger partial charge in [0.2, 0.25) is 0 Å². The zero-order chi connectivity index (χ0) is 39.4. The molecule has 0 saturated heterocycles. The average Bonchev–Trinajstić information content (AvgIpc) is 3.20. The van der Waals surface area contributed by atoms with Gasteiger partial charge in [-0.1, -0.05) is 84.9 Å². The minimum absolute atomic E-state index is 0.109. The van der Waals surface area contributed by atoms with Crippen LogP contribution in [-0.2, 0) is 51.5 Å². The van der Waals surface area contributed by atoms with E-state index in [9.17, 15) is 28.8 Å². The zero-order valence-corrected chi connectivity index (χ0v) is 30.4. The average molecular weight is 749 g/mol. The van der Waals surface area contributed by atoms with Crippen molar-refractivity contribution < 1.29 is 57.2 Å². The summed E-state index contributed by atoms with van der Waals surface area (Å²) in [5.41, 5.74) is 2.77. The van der Waals surface area contributed by atoms with E-state index in [1.807, 2.05) is 60.7 Å². The number of benzene rings is 4. The van der Waals surface area contributed by atoms with Crippen molar-refractivity contribution in [2.75, 3.05) is 14.2 Å². The van der Waals surface area contributed by atoms with Crippen LogP contribution in [0.15, 0.2) is 109 Å². The number of esters is 4. The molecule has 0 fully saturated rings. The van der Waals surface area contributed by atoms with Crippen molar-refractivity contribution in [3.63, 3.8) is 0 Å². The summed E-state index contributed by atoms with van der Waals surface area (Å²) in [6.07, 6.45) is 4.41. The van der Waals surface area contributed by atoms with Crippen molar-refractivity contribution in [3.8, 4) is 23.0 Å². The van der Waals surface area contributed by atoms with E-state index >= 15 is 0 Å². The van der Waals surface area contributed by atoms with Crippen LogP contribution in [0.5, 0.6) is 23.0 Å². The van der Waals surface area contributed by atoms with Gasteiger partial charge in [0.15, 0.2) is 34.6 Å². The molecule has 12 heteroatoms. The third-order valence-electron chi connectivity index (χ3n) is 7.65. The summed E-state index contributed by atoms with van der Waals surface area (Å²) in [5.74, 6) is -2.55. The molecular weight excluding hydrogens is 708 g/mol. The number of ketones is 2. The van der Waals surface area contributed by atoms with Crippen LogP contribution in [-0.4, -0.2) is 49.7 Å². The van der Waals surface area contributed by atoms with Crippen LogP contribution in [0, 0.1) is 0 Å². The molecule has 0 aliphatic rings. The molecule has 12 nitrogen and oxygen atoms in total. The number of rotatable bonds is 20. The van der Waals surface area contributed by atoms with Gasteiger partial charge in [-0.25, -0.2) is 0 Å². The standard InChI is InChI=1S/C43H40O12/c1-50-38-25-30(15-19-36(38)54-42(48)23-21-40(46)52-28-32-9-5-3-6-10-32)13-17-34(44)27-35(45)18-14-31-16-20-37(39(26-31)51-2)55-43(49)24-22-41(47)53-29-33-11-7-4-8-12-33/h3-20,25-26H,21-24,27-29H2,1-2H3/b17-13+,18-14+. The lowest BCUT2D eigenvalue weighted by Crippen LogP contribution is -2.12. The molecular formula is C43H40O12. The van der Waals surface area contributed by atoms with E-state index in [2.05, 4.69) is 0 Å². The maximum absolute atomic E-state index is 12.5. The fourth-order valence-electron chi connectivity index (χ4n) is 4.79. The van der Waals surface area contributed by atoms with E-state index in [1.54, 1.807) is 24.3 Å². The molecule has 0 unspecified atom stereocenters. The smallest absolute Gasteiger partial charge is 0.311 e. The zero-order valence-electron chi connectivity index (χ0n) is 30.4. The molecule has 0 spiro atoms. The summed E-state index contributed by atoms with van der Waals surface area (Å²) >= 11 is 0. The third kappa shape index (κ3) is 14.6. The second kappa shape index (κ2) is 21.6. The first-order valence-electron chi connectivity index (χ1n) is 17.2. The van der Waals surface area contributed by atoms with Crippen molar-refractivity contribution in [3.05, 3.63) is 131 Å². The lowest BCUT2D eigenvalue weighted by atomic mass is 10.1. The highest BCUT2D eigenvalue weighted by atomic mass is 16.6. The van der Waals surface area contributed by atoms with E-state index in [1.165, 1.54) is 50.7 Å². The van der Waals surface area contributed by atoms with Crippen molar-refractivity contribution in [1.29, 1.82) is 0 Å². The number of methoxy groups -OCH3 is 2. The summed E-state index contributed by atoms with van der Waals surface area (Å²) in [7, 11) is 2.78. The molecule has 4 aromatic carbocycles. The van der Waals surface area contributed by atoms with Gasteiger partial charge in [0, 0.05) is 0 Å². The van der Waals surface area contributed by atoms with Crippen molar-refractivity contribution in [2.45, 2.75) is 45.3 Å². The Morgan fingerprint density at radius 1 is 0.473 bits per heavy atom. The van der Waals surface area contributed by atoms with Gasteiger partial charge in [-0.3, -0.25) is 28.8 Å². The van der Waals surface area contributed by atoms with Crippen LogP contribution in [0.2, 0.25) is 0 Å². The van der Waals surface area contributed by atoms with Gasteiger partial charge in [0.25, 0.3) is 0 Å². The Labute approximate surface area is 318 Å². The first kappa shape index (κ1) is 40.9. The number of carbonyl (C=O) groups is 6. The fraction of sp³-hybridized carbons (Fsp3) is 0.209. The third-order valence-corrected chi connectivity index (χ3v) is 7.65. The van der Waals surface area contributed by atoms with Crippen LogP contribution in [0.4, 0.5) is 0 Å². The van der Waals surface area contributed by atoms with Crippen molar-refractivity contribution >= 4 is 47.6 Å². The van der Waals surface area contributed by atoms with Gasteiger partial charge in [0.05, 0.1) is 46.3 Å². The van der Waals surface area contributed by atoms with Gasteiger partial charge in [-0.05, 0) is 58.7 Å². The molecule has 0 atom stereocenters. The predicted molar refractivity (Wildman–Crippen MR) is 201 cm³/mol. The Balaban J connectivity index is 1.20. The van der Waals surface area contributed by atoms with Crippen LogP contribution in [0.3, 0.4) is 0 Å². The number of carbonyl (C=O) groups excluding carboxylic acids is 6. The monoisotopic (exact) mass is 748 g/mol. The quantitative estimate of drug-likeness (QED) is 0.0403. The highest BCUT2D eigenvalue weighted by Crippen LogP contribution is 2.30. The molecule has 55 heavy (non-hydrogen) atoms. The maximum atomic E-state index is 12.5. The molecule has 4 aromatic rings. The molecule has 0 N–H and O–H groups in total. The summed E-state index contributed by atoms with van der Waals surface area (Å²) < 4.78 is 31.7. The van der Waals surface area contributed by atoms with E-state index in [-0.39, 0.29) is 61.9 Å². The summed E-state index contributed by atoms with van der Waals surface area (Å²) in [4.78, 5) is 73.8. The number of ether oxygens (including phenoxy) is 6. The van der Waals surface area contributed by atoms with Crippen LogP contribution < -0.4 is 18.9 Å². The van der Waals surface area contributed by atoms with E-state index in [0.29, 0.717) is 11.1 Å². The lowest BCUT2D eigenvalue weighted by molar-refractivity contribution is -0.148. The second-order valence-electron chi connectivity index (χ2n) is 11.8. The minimum atomic E-state index is -0.649. The van der Waals surface area contributed by atoms with Crippen LogP contribution in [0.25, 0.3) is 12.2 Å². The van der Waals surface area contributed by atoms with Gasteiger partial charge in [0.1, 0.15) is 13.2 Å². The Morgan fingerprint density at radius 3 is 1.24 bits per heavy atom. The molecule has 284 valence electrons. The second-order valence-corrected chi connectivity index (χ2v) is 11.8. The summed E-state index contributed by atoms with van der Waals surface area (Å²) in [6, 6.07) is 27.6. The van der Waals surface area contributed by atoms with E-state index < -0.39 is 41.9 Å². The topological polar surface area (TPSA) is 158 Å². The van der Waals surface area contributed by atoms with Gasteiger partial charge < -0.3 is 28.4 Å². The Hall–Kier alpha value is -6.82. The number of allylic oxidation sites excluding steroid dienone is 2. The molecule has 0 aliphatic heterocycles. The highest BCUT2D eigenvalue weighted by molar-refractivity contribution is 6.11. The van der Waals surface area contributed by atoms with Crippen molar-refractivity contribution in [2.24, 2.45) is 0 Å². The first-order valence-corrected chi connectivity index (χ1v) is 17.2. The fourth-order valence-corrected chi connectivity index (χ4v) is 4.79. The highest BCUT2D eigenvalue weighted by Gasteiger charge is 2.15. The predicted octanol–water partition coefficient (Wildman–Crippen LogP) is 6.82. The Morgan fingerprint density at radius 2 is 0.855 bits per heavy atom. The molecule has 0 aromatic heterocycles. The van der Waals surface area contributed by atoms with E-state index in [0.717, 1.165) is 11.1 Å². The first-order chi connectivity index (χ1) is 26.6. The largest absolute Gasteiger partial charge is 0.493 e. The SMILES string of the molecule is COc1cc(/C=C/C(=O)CC(=O)/C=C/c2ccc(OC(=O)CCC(=O)OCc3ccccc3)c(OC)c2)ccc1OC(=O)CCC(=O)OCc1ccccc1. The van der Waals surface area contributed by atoms with Gasteiger partial charge >= 0.3 is 23.9 Å². The normalized spacial score (nSPS) is 10.8. The van der Waals surface area contributed by atoms with Crippen molar-refractivity contribution in [1.82, 2.24) is 0 Å². The number of hydrogen-bond acceptors (Lipinski definition) is 12. The molecule has 0 radical (unpaired) electrons. The summed E-state index contributed by atoms with van der Waals surface area (Å²) in [5, 5.41) is 0. The number of hydrogen-bond donors (Lipinski definition) is 0. The molecule has 0 saturated carbocycles. The lowest BCUT2D eigenvalue weighted by Gasteiger charge is -2.10.